The number of thiol groups is 1. The van der Waals surface area contributed by atoms with Crippen LogP contribution in [-0.2, 0) is 16.1 Å². The van der Waals surface area contributed by atoms with Crippen molar-refractivity contribution in [2.45, 2.75) is 17.5 Å². The zero-order valence-electron chi connectivity index (χ0n) is 16.1. The topological polar surface area (TPSA) is 117 Å². The molecule has 0 spiro atoms. The number of rotatable bonds is 6. The first-order chi connectivity index (χ1) is 14.4. The molecule has 9 nitrogen and oxygen atoms in total. The lowest BCUT2D eigenvalue weighted by molar-refractivity contribution is -0.387. The van der Waals surface area contributed by atoms with E-state index in [2.05, 4.69) is 34.8 Å². The minimum Gasteiger partial charge on any atom is -0.351 e. The summed E-state index contributed by atoms with van der Waals surface area (Å²) in [5, 5.41) is 17.1. The summed E-state index contributed by atoms with van der Waals surface area (Å²) in [7, 11) is 0. The van der Waals surface area contributed by atoms with Gasteiger partial charge in [0.25, 0.3) is 11.6 Å². The van der Waals surface area contributed by atoms with Gasteiger partial charge in [-0.3, -0.25) is 24.7 Å². The number of aromatic nitrogens is 1. The van der Waals surface area contributed by atoms with E-state index < -0.39 is 11.0 Å². The van der Waals surface area contributed by atoms with E-state index in [0.717, 1.165) is 5.56 Å². The number of piperazine rings is 1. The van der Waals surface area contributed by atoms with E-state index in [1.807, 2.05) is 6.07 Å². The molecule has 2 N–H and O–H groups in total. The van der Waals surface area contributed by atoms with Crippen LogP contribution in [0.3, 0.4) is 0 Å². The molecule has 2 aromatic rings. The zero-order valence-corrected chi connectivity index (χ0v) is 17.0. The van der Waals surface area contributed by atoms with E-state index in [-0.39, 0.29) is 34.5 Å². The highest BCUT2D eigenvalue weighted by Crippen LogP contribution is 2.27. The molecule has 1 aliphatic rings. The van der Waals surface area contributed by atoms with Crippen molar-refractivity contribution in [1.29, 1.82) is 0 Å². The summed E-state index contributed by atoms with van der Waals surface area (Å²) in [6.07, 6.45) is 3.33. The first kappa shape index (κ1) is 21.5. The minimum atomic E-state index is -0.568. The Bertz CT molecular complexity index is 982. The second-order valence-electron chi connectivity index (χ2n) is 6.78. The van der Waals surface area contributed by atoms with Crippen LogP contribution in [0.5, 0.6) is 0 Å². The maximum atomic E-state index is 12.9. The highest BCUT2D eigenvalue weighted by molar-refractivity contribution is 7.80. The summed E-state index contributed by atoms with van der Waals surface area (Å²) >= 11 is 4.06. The van der Waals surface area contributed by atoms with Crippen molar-refractivity contribution >= 4 is 35.7 Å². The Balaban J connectivity index is 1.63. The fourth-order valence-electron chi connectivity index (χ4n) is 3.10. The monoisotopic (exact) mass is 427 g/mol. The predicted octanol–water partition coefficient (Wildman–Crippen LogP) is 1.41. The molecule has 2 amide bonds. The van der Waals surface area contributed by atoms with Gasteiger partial charge in [0, 0.05) is 50.2 Å². The first-order valence-electron chi connectivity index (χ1n) is 9.22. The minimum absolute atomic E-state index is 0.128. The number of nitro benzene ring substituents is 1. The summed E-state index contributed by atoms with van der Waals surface area (Å²) in [6.45, 7) is 5.16. The maximum absolute atomic E-state index is 12.9. The lowest BCUT2D eigenvalue weighted by Gasteiger charge is -2.33. The van der Waals surface area contributed by atoms with Crippen LogP contribution >= 0.6 is 12.6 Å². The SMILES string of the molecule is C=C(C(=O)N1CCNC(C(=O)NCc2cccnc2)C1)c1ccc(S)c([N+](=O)[O-])c1. The number of nitrogens with zero attached hydrogens (tertiary/aromatic N) is 3. The van der Waals surface area contributed by atoms with Crippen molar-refractivity contribution in [3.05, 3.63) is 70.5 Å². The molecule has 1 atom stereocenters. The molecule has 30 heavy (non-hydrogen) atoms. The van der Waals surface area contributed by atoms with E-state index >= 15 is 0 Å². The molecule has 2 heterocycles. The van der Waals surface area contributed by atoms with E-state index in [1.54, 1.807) is 24.5 Å². The highest BCUT2D eigenvalue weighted by Gasteiger charge is 2.29. The van der Waals surface area contributed by atoms with Gasteiger partial charge in [-0.2, -0.15) is 0 Å². The number of carbonyl (C=O) groups excluding carboxylic acids is 2. The number of hydrogen-bond acceptors (Lipinski definition) is 7. The highest BCUT2D eigenvalue weighted by atomic mass is 32.1. The van der Waals surface area contributed by atoms with Gasteiger partial charge in [0.05, 0.1) is 9.82 Å². The number of carbonyl (C=O) groups is 2. The maximum Gasteiger partial charge on any atom is 0.283 e. The summed E-state index contributed by atoms with van der Waals surface area (Å²) in [5.41, 5.74) is 1.15. The molecule has 156 valence electrons. The fourth-order valence-corrected chi connectivity index (χ4v) is 3.32. The summed E-state index contributed by atoms with van der Waals surface area (Å²) in [5.74, 6) is -0.597. The molecular weight excluding hydrogens is 406 g/mol. The van der Waals surface area contributed by atoms with Crippen LogP contribution in [-0.4, -0.2) is 52.3 Å². The van der Waals surface area contributed by atoms with E-state index in [0.29, 0.717) is 25.2 Å². The van der Waals surface area contributed by atoms with Gasteiger partial charge in [-0.1, -0.05) is 18.7 Å². The smallest absolute Gasteiger partial charge is 0.283 e. The largest absolute Gasteiger partial charge is 0.351 e. The van der Waals surface area contributed by atoms with Gasteiger partial charge >= 0.3 is 0 Å². The van der Waals surface area contributed by atoms with Gasteiger partial charge in [-0.05, 0) is 23.3 Å². The van der Waals surface area contributed by atoms with Crippen molar-refractivity contribution in [3.8, 4) is 0 Å². The second kappa shape index (κ2) is 9.51. The average molecular weight is 427 g/mol. The fraction of sp³-hybridized carbons (Fsp3) is 0.250. The zero-order chi connectivity index (χ0) is 21.7. The van der Waals surface area contributed by atoms with Crippen LogP contribution in [0, 0.1) is 10.1 Å². The van der Waals surface area contributed by atoms with Crippen LogP contribution in [0.2, 0.25) is 0 Å². The van der Waals surface area contributed by atoms with Crippen molar-refractivity contribution in [3.63, 3.8) is 0 Å². The third kappa shape index (κ3) is 5.02. The number of amides is 2. The third-order valence-electron chi connectivity index (χ3n) is 4.75. The quantitative estimate of drug-likeness (QED) is 0.278. The molecule has 0 aliphatic carbocycles. The Morgan fingerprint density at radius 3 is 2.90 bits per heavy atom. The Morgan fingerprint density at radius 2 is 2.20 bits per heavy atom. The van der Waals surface area contributed by atoms with Crippen molar-refractivity contribution in [1.82, 2.24) is 20.5 Å². The van der Waals surface area contributed by atoms with Crippen LogP contribution in [0.25, 0.3) is 5.57 Å². The number of hydrogen-bond donors (Lipinski definition) is 3. The normalized spacial score (nSPS) is 16.0. The van der Waals surface area contributed by atoms with Crippen molar-refractivity contribution in [2.24, 2.45) is 0 Å². The standard InChI is InChI=1S/C20H21N5O4S/c1-13(15-4-5-18(30)17(9-15)25(28)29)20(27)24-8-7-22-16(12-24)19(26)23-11-14-3-2-6-21-10-14/h2-6,9-10,16,22,30H,1,7-8,11-12H2,(H,23,26). The first-order valence-corrected chi connectivity index (χ1v) is 9.67. The van der Waals surface area contributed by atoms with Gasteiger partial charge < -0.3 is 15.5 Å². The van der Waals surface area contributed by atoms with E-state index in [4.69, 9.17) is 0 Å². The molecular formula is C20H21N5O4S. The van der Waals surface area contributed by atoms with Crippen molar-refractivity contribution in [2.75, 3.05) is 19.6 Å². The van der Waals surface area contributed by atoms with E-state index in [9.17, 15) is 19.7 Å². The van der Waals surface area contributed by atoms with Crippen LogP contribution in [0.15, 0.2) is 54.2 Å². The van der Waals surface area contributed by atoms with Crippen molar-refractivity contribution < 1.29 is 14.5 Å². The summed E-state index contributed by atoms with van der Waals surface area (Å²) in [4.78, 5) is 41.7. The Morgan fingerprint density at radius 1 is 1.40 bits per heavy atom. The van der Waals surface area contributed by atoms with E-state index in [1.165, 1.54) is 17.0 Å². The molecule has 0 radical (unpaired) electrons. The molecule has 3 rings (SSSR count). The summed E-state index contributed by atoms with van der Waals surface area (Å²) in [6, 6.07) is 7.38. The second-order valence-corrected chi connectivity index (χ2v) is 7.26. The molecule has 1 aromatic carbocycles. The van der Waals surface area contributed by atoms with Gasteiger partial charge in [0.15, 0.2) is 0 Å². The Kier molecular flexibility index (Phi) is 6.80. The number of pyridine rings is 1. The third-order valence-corrected chi connectivity index (χ3v) is 5.13. The van der Waals surface area contributed by atoms with Crippen LogP contribution in [0.4, 0.5) is 5.69 Å². The molecule has 1 fully saturated rings. The molecule has 0 saturated carbocycles. The molecule has 1 saturated heterocycles. The Hall–Kier alpha value is -3.24. The van der Waals surface area contributed by atoms with Crippen LogP contribution < -0.4 is 10.6 Å². The van der Waals surface area contributed by atoms with Gasteiger partial charge in [-0.25, -0.2) is 0 Å². The molecule has 1 aliphatic heterocycles. The molecule has 0 bridgehead atoms. The predicted molar refractivity (Wildman–Crippen MR) is 114 cm³/mol. The van der Waals surface area contributed by atoms with Gasteiger partial charge in [-0.15, -0.1) is 12.6 Å². The molecule has 10 heteroatoms. The Labute approximate surface area is 178 Å². The number of nitro groups is 1. The lowest BCUT2D eigenvalue weighted by Crippen LogP contribution is -2.58. The molecule has 1 unspecified atom stereocenters. The molecule has 1 aromatic heterocycles. The van der Waals surface area contributed by atoms with Gasteiger partial charge in [0.1, 0.15) is 6.04 Å². The lowest BCUT2D eigenvalue weighted by atomic mass is 10.0. The number of benzene rings is 1. The number of nitrogens with one attached hydrogen (secondary N) is 2. The average Bonchev–Trinajstić information content (AvgIpc) is 2.77. The van der Waals surface area contributed by atoms with Crippen LogP contribution in [0.1, 0.15) is 11.1 Å². The summed E-state index contributed by atoms with van der Waals surface area (Å²) < 4.78 is 0. The van der Waals surface area contributed by atoms with Gasteiger partial charge in [0.2, 0.25) is 5.91 Å².